The minimum atomic E-state index is -0.105. The lowest BCUT2D eigenvalue weighted by atomic mass is 10.1. The van der Waals surface area contributed by atoms with Crippen LogP contribution in [-0.4, -0.2) is 12.6 Å². The maximum Gasteiger partial charge on any atom is 0.312 e. The summed E-state index contributed by atoms with van der Waals surface area (Å²) in [6.07, 6.45) is 19.2. The zero-order valence-electron chi connectivity index (χ0n) is 12.3. The summed E-state index contributed by atoms with van der Waals surface area (Å²) in [4.78, 5) is 11.7. The molecule has 1 unspecified atom stereocenters. The summed E-state index contributed by atoms with van der Waals surface area (Å²) >= 11 is 0. The van der Waals surface area contributed by atoms with E-state index in [1.165, 1.54) is 32.1 Å². The van der Waals surface area contributed by atoms with Gasteiger partial charge in [0.15, 0.2) is 0 Å². The van der Waals surface area contributed by atoms with Crippen molar-refractivity contribution in [2.24, 2.45) is 5.92 Å². The van der Waals surface area contributed by atoms with Gasteiger partial charge in [0.25, 0.3) is 0 Å². The van der Waals surface area contributed by atoms with E-state index in [0.29, 0.717) is 6.61 Å². The average molecular weight is 264 g/mol. The van der Waals surface area contributed by atoms with Crippen LogP contribution in [0.25, 0.3) is 0 Å². The summed E-state index contributed by atoms with van der Waals surface area (Å²) in [5.41, 5.74) is 0. The summed E-state index contributed by atoms with van der Waals surface area (Å²) in [5.74, 6) is -0.188. The monoisotopic (exact) mass is 264 g/mol. The van der Waals surface area contributed by atoms with Gasteiger partial charge in [-0.3, -0.25) is 4.79 Å². The van der Waals surface area contributed by atoms with Crippen LogP contribution in [0.1, 0.15) is 64.7 Å². The first-order valence-corrected chi connectivity index (χ1v) is 7.79. The van der Waals surface area contributed by atoms with Crippen molar-refractivity contribution in [2.75, 3.05) is 6.61 Å². The quantitative estimate of drug-likeness (QED) is 0.464. The van der Waals surface area contributed by atoms with Gasteiger partial charge in [-0.2, -0.15) is 0 Å². The Balaban J connectivity index is 2.35. The lowest BCUT2D eigenvalue weighted by Gasteiger charge is -2.07. The van der Waals surface area contributed by atoms with E-state index < -0.39 is 0 Å². The van der Waals surface area contributed by atoms with Crippen LogP contribution in [0.3, 0.4) is 0 Å². The minimum Gasteiger partial charge on any atom is -0.465 e. The first kappa shape index (κ1) is 16.0. The van der Waals surface area contributed by atoms with Crippen LogP contribution in [0.5, 0.6) is 0 Å². The molecule has 0 aromatic heterocycles. The molecular formula is C17H28O2. The van der Waals surface area contributed by atoms with Gasteiger partial charge in [-0.25, -0.2) is 0 Å². The third-order valence-electron chi connectivity index (χ3n) is 3.46. The highest BCUT2D eigenvalue weighted by atomic mass is 16.5. The number of hydrogen-bond donors (Lipinski definition) is 0. The normalized spacial score (nSPS) is 24.7. The molecular weight excluding hydrogens is 236 g/mol. The Labute approximate surface area is 117 Å². The maximum absolute atomic E-state index is 11.7. The molecule has 0 spiro atoms. The van der Waals surface area contributed by atoms with Gasteiger partial charge >= 0.3 is 5.97 Å². The Hall–Kier alpha value is -1.05. The number of allylic oxidation sites excluding steroid dienone is 3. The molecule has 0 amide bonds. The molecule has 2 nitrogen and oxygen atoms in total. The molecule has 0 aromatic rings. The summed E-state index contributed by atoms with van der Waals surface area (Å²) in [5, 5.41) is 0. The first-order valence-electron chi connectivity index (χ1n) is 7.79. The van der Waals surface area contributed by atoms with Crippen LogP contribution in [-0.2, 0) is 9.53 Å². The molecule has 0 saturated carbocycles. The number of carbonyl (C=O) groups is 1. The number of rotatable bonds is 0. The molecule has 0 N–H and O–H groups in total. The molecule has 108 valence electrons. The van der Waals surface area contributed by atoms with Crippen molar-refractivity contribution in [3.8, 4) is 0 Å². The topological polar surface area (TPSA) is 26.3 Å². The summed E-state index contributed by atoms with van der Waals surface area (Å²) in [6, 6.07) is 0. The van der Waals surface area contributed by atoms with Crippen LogP contribution in [0.15, 0.2) is 24.3 Å². The zero-order valence-corrected chi connectivity index (χ0v) is 12.3. The van der Waals surface area contributed by atoms with Gasteiger partial charge in [0.05, 0.1) is 12.5 Å². The molecule has 1 heterocycles. The van der Waals surface area contributed by atoms with E-state index in [0.717, 1.165) is 25.7 Å². The Morgan fingerprint density at radius 1 is 0.895 bits per heavy atom. The van der Waals surface area contributed by atoms with Crippen LogP contribution in [0.4, 0.5) is 0 Å². The molecule has 1 atom stereocenters. The predicted molar refractivity (Wildman–Crippen MR) is 80.0 cm³/mol. The largest absolute Gasteiger partial charge is 0.465 e. The van der Waals surface area contributed by atoms with Gasteiger partial charge in [0.2, 0.25) is 0 Å². The van der Waals surface area contributed by atoms with E-state index in [1.807, 2.05) is 13.0 Å². The van der Waals surface area contributed by atoms with Crippen LogP contribution < -0.4 is 0 Å². The summed E-state index contributed by atoms with van der Waals surface area (Å²) in [7, 11) is 0. The van der Waals surface area contributed by atoms with Crippen LogP contribution in [0, 0.1) is 5.92 Å². The second-order valence-corrected chi connectivity index (χ2v) is 5.34. The maximum atomic E-state index is 11.7. The fourth-order valence-electron chi connectivity index (χ4n) is 2.17. The van der Waals surface area contributed by atoms with Crippen molar-refractivity contribution < 1.29 is 9.53 Å². The first-order chi connectivity index (χ1) is 9.30. The Bertz CT molecular complexity index is 292. The second-order valence-electron chi connectivity index (χ2n) is 5.34. The van der Waals surface area contributed by atoms with E-state index in [4.69, 9.17) is 4.74 Å². The number of hydrogen-bond acceptors (Lipinski definition) is 2. The zero-order chi connectivity index (χ0) is 13.8. The average Bonchev–Trinajstić information content (AvgIpc) is 2.41. The molecule has 0 fully saturated rings. The molecule has 0 radical (unpaired) electrons. The van der Waals surface area contributed by atoms with Gasteiger partial charge in [0, 0.05) is 0 Å². The summed E-state index contributed by atoms with van der Waals surface area (Å²) in [6.45, 7) is 2.49. The fourth-order valence-corrected chi connectivity index (χ4v) is 2.17. The molecule has 1 aliphatic rings. The highest BCUT2D eigenvalue weighted by Gasteiger charge is 2.10. The molecule has 0 bridgehead atoms. The smallest absolute Gasteiger partial charge is 0.312 e. The second kappa shape index (κ2) is 10.8. The Kier molecular flexibility index (Phi) is 9.13. The highest BCUT2D eigenvalue weighted by molar-refractivity contribution is 5.73. The molecule has 1 aliphatic heterocycles. The van der Waals surface area contributed by atoms with Crippen molar-refractivity contribution >= 4 is 5.97 Å². The minimum absolute atomic E-state index is 0.0829. The molecule has 0 aromatic carbocycles. The van der Waals surface area contributed by atoms with Crippen molar-refractivity contribution in [1.29, 1.82) is 0 Å². The van der Waals surface area contributed by atoms with E-state index in [2.05, 4.69) is 18.2 Å². The van der Waals surface area contributed by atoms with Gasteiger partial charge < -0.3 is 4.74 Å². The number of carbonyl (C=O) groups excluding carboxylic acids is 1. The van der Waals surface area contributed by atoms with Gasteiger partial charge in [-0.05, 0) is 45.4 Å². The fraction of sp³-hybridized carbons (Fsp3) is 0.706. The third-order valence-corrected chi connectivity index (χ3v) is 3.46. The van der Waals surface area contributed by atoms with Crippen molar-refractivity contribution in [2.45, 2.75) is 64.7 Å². The van der Waals surface area contributed by atoms with Crippen LogP contribution >= 0.6 is 0 Å². The molecule has 0 aliphatic carbocycles. The molecule has 19 heavy (non-hydrogen) atoms. The van der Waals surface area contributed by atoms with Crippen molar-refractivity contribution in [1.82, 2.24) is 0 Å². The van der Waals surface area contributed by atoms with E-state index in [9.17, 15) is 4.79 Å². The number of ether oxygens (including phenoxy) is 1. The van der Waals surface area contributed by atoms with Gasteiger partial charge in [-0.1, -0.05) is 43.6 Å². The van der Waals surface area contributed by atoms with E-state index >= 15 is 0 Å². The van der Waals surface area contributed by atoms with Crippen LogP contribution in [0.2, 0.25) is 0 Å². The van der Waals surface area contributed by atoms with Crippen molar-refractivity contribution in [3.05, 3.63) is 24.3 Å². The Morgan fingerprint density at radius 2 is 1.53 bits per heavy atom. The van der Waals surface area contributed by atoms with E-state index in [1.54, 1.807) is 0 Å². The Morgan fingerprint density at radius 3 is 2.37 bits per heavy atom. The SMILES string of the molecule is CC1C=CCCCC=CCCCCCCCOC1=O. The predicted octanol–water partition coefficient (Wildman–Crippen LogP) is 4.80. The van der Waals surface area contributed by atoms with E-state index in [-0.39, 0.29) is 11.9 Å². The number of cyclic esters (lactones) is 1. The highest BCUT2D eigenvalue weighted by Crippen LogP contribution is 2.09. The number of esters is 1. The van der Waals surface area contributed by atoms with Gasteiger partial charge in [0.1, 0.15) is 0 Å². The summed E-state index contributed by atoms with van der Waals surface area (Å²) < 4.78 is 5.28. The lowest BCUT2D eigenvalue weighted by molar-refractivity contribution is -0.146. The standard InChI is InChI=1S/C17H28O2/c1-16-14-12-10-8-6-4-2-3-5-7-9-11-13-15-19-17(16)18/h2,4,12,14,16H,3,5-11,13,15H2,1H3. The molecule has 0 saturated heterocycles. The molecule has 1 rings (SSSR count). The lowest BCUT2D eigenvalue weighted by Crippen LogP contribution is -2.13. The van der Waals surface area contributed by atoms with Gasteiger partial charge in [-0.15, -0.1) is 0 Å². The third kappa shape index (κ3) is 8.63. The van der Waals surface area contributed by atoms with Crippen molar-refractivity contribution in [3.63, 3.8) is 0 Å². The molecule has 2 heteroatoms.